The van der Waals surface area contributed by atoms with Crippen LogP contribution in [0.2, 0.25) is 0 Å². The number of amides is 1. The largest absolute Gasteiger partial charge is 0.496 e. The molecule has 0 saturated carbocycles. The molecule has 180 valence electrons. The third-order valence-corrected chi connectivity index (χ3v) is 7.76. The quantitative estimate of drug-likeness (QED) is 0.459. The normalized spacial score (nSPS) is 14.3. The van der Waals surface area contributed by atoms with Gasteiger partial charge in [0.05, 0.1) is 18.6 Å². The number of aryl methyl sites for hydroxylation is 1. The van der Waals surface area contributed by atoms with Crippen LogP contribution in [-0.2, 0) is 27.8 Å². The number of benzene rings is 2. The third kappa shape index (κ3) is 5.28. The fraction of sp³-hybridized carbons (Fsp3) is 0.375. The summed E-state index contributed by atoms with van der Waals surface area (Å²) in [4.78, 5) is 18.9. The molecule has 1 aliphatic heterocycles. The van der Waals surface area contributed by atoms with Gasteiger partial charge < -0.3 is 14.2 Å². The third-order valence-electron chi connectivity index (χ3n) is 5.86. The molecule has 0 unspecified atom stereocenters. The first-order valence-electron chi connectivity index (χ1n) is 11.2. The Morgan fingerprint density at radius 3 is 2.59 bits per heavy atom. The molecule has 0 atom stereocenters. The first-order chi connectivity index (χ1) is 16.4. The van der Waals surface area contributed by atoms with Crippen LogP contribution in [0.3, 0.4) is 0 Å². The number of ether oxygens (including phenoxy) is 1. The molecule has 2 heterocycles. The first kappa shape index (κ1) is 23.9. The zero-order valence-electron chi connectivity index (χ0n) is 19.3. The number of methoxy groups -OCH3 is 1. The van der Waals surface area contributed by atoms with E-state index in [2.05, 4.69) is 10.1 Å². The summed E-state index contributed by atoms with van der Waals surface area (Å²) in [5.41, 5.74) is 1.51. The smallest absolute Gasteiger partial charge is 0.246 e. The van der Waals surface area contributed by atoms with Crippen molar-refractivity contribution < 1.29 is 22.5 Å². The number of hydrogen-bond acceptors (Lipinski definition) is 7. The Kier molecular flexibility index (Phi) is 7.28. The van der Waals surface area contributed by atoms with Gasteiger partial charge in [0.25, 0.3) is 0 Å². The average molecular weight is 485 g/mol. The molecule has 9 nitrogen and oxygen atoms in total. The van der Waals surface area contributed by atoms with Crippen LogP contribution in [0, 0.1) is 0 Å². The average Bonchev–Trinajstić information content (AvgIpc) is 3.56. The molecule has 10 heteroatoms. The van der Waals surface area contributed by atoms with E-state index < -0.39 is 10.0 Å². The van der Waals surface area contributed by atoms with Gasteiger partial charge in [-0.2, -0.15) is 9.29 Å². The summed E-state index contributed by atoms with van der Waals surface area (Å²) in [6.45, 7) is 1.25. The van der Waals surface area contributed by atoms with Gasteiger partial charge in [-0.05, 0) is 43.0 Å². The van der Waals surface area contributed by atoms with Gasteiger partial charge in [-0.15, -0.1) is 0 Å². The van der Waals surface area contributed by atoms with Crippen molar-refractivity contribution in [1.82, 2.24) is 19.3 Å². The SMILES string of the molecule is COc1ccc(S(=O)(=O)N2CCCC2)cc1CCC(=O)N(C)Cc1nc(-c2ccccc2)no1. The Balaban J connectivity index is 1.40. The summed E-state index contributed by atoms with van der Waals surface area (Å²) in [5, 5.41) is 3.98. The van der Waals surface area contributed by atoms with Crippen LogP contribution in [0.1, 0.15) is 30.7 Å². The van der Waals surface area contributed by atoms with Gasteiger partial charge in [0.15, 0.2) is 0 Å². The van der Waals surface area contributed by atoms with E-state index >= 15 is 0 Å². The highest BCUT2D eigenvalue weighted by Gasteiger charge is 2.28. The minimum atomic E-state index is -3.55. The highest BCUT2D eigenvalue weighted by atomic mass is 32.2. The number of carbonyl (C=O) groups is 1. The standard InChI is InChI=1S/C24H28N4O5S/c1-27(17-22-25-24(26-33-22)18-8-4-3-5-9-18)23(29)13-10-19-16-20(11-12-21(19)32-2)34(30,31)28-14-6-7-15-28/h3-5,8-9,11-12,16H,6-7,10,13-15,17H2,1-2H3. The lowest BCUT2D eigenvalue weighted by Crippen LogP contribution is -2.28. The maximum absolute atomic E-state index is 12.9. The van der Waals surface area contributed by atoms with Gasteiger partial charge in [0.1, 0.15) is 5.75 Å². The van der Waals surface area contributed by atoms with E-state index in [0.29, 0.717) is 42.5 Å². The van der Waals surface area contributed by atoms with E-state index in [1.165, 1.54) is 16.3 Å². The maximum atomic E-state index is 12.9. The van der Waals surface area contributed by atoms with Crippen molar-refractivity contribution in [3.8, 4) is 17.1 Å². The lowest BCUT2D eigenvalue weighted by atomic mass is 10.1. The topological polar surface area (TPSA) is 106 Å². The summed E-state index contributed by atoms with van der Waals surface area (Å²) in [6.07, 6.45) is 2.26. The predicted molar refractivity (Wildman–Crippen MR) is 126 cm³/mol. The van der Waals surface area contributed by atoms with Crippen molar-refractivity contribution in [3.63, 3.8) is 0 Å². The monoisotopic (exact) mass is 484 g/mol. The Labute approximate surface area is 199 Å². The van der Waals surface area contributed by atoms with Crippen molar-refractivity contribution in [2.45, 2.75) is 37.1 Å². The zero-order valence-corrected chi connectivity index (χ0v) is 20.1. The molecule has 1 aromatic heterocycles. The van der Waals surface area contributed by atoms with Crippen LogP contribution < -0.4 is 4.74 Å². The lowest BCUT2D eigenvalue weighted by Gasteiger charge is -2.18. The highest BCUT2D eigenvalue weighted by molar-refractivity contribution is 7.89. The number of rotatable bonds is 9. The maximum Gasteiger partial charge on any atom is 0.246 e. The van der Waals surface area contributed by atoms with E-state index in [4.69, 9.17) is 9.26 Å². The zero-order chi connectivity index (χ0) is 24.1. The minimum absolute atomic E-state index is 0.130. The molecule has 0 aliphatic carbocycles. The summed E-state index contributed by atoms with van der Waals surface area (Å²) < 4.78 is 38.1. The van der Waals surface area contributed by atoms with E-state index in [9.17, 15) is 13.2 Å². The van der Waals surface area contributed by atoms with Gasteiger partial charge in [-0.3, -0.25) is 4.79 Å². The van der Waals surface area contributed by atoms with Crippen molar-refractivity contribution >= 4 is 15.9 Å². The number of hydrogen-bond donors (Lipinski definition) is 0. The number of carbonyl (C=O) groups excluding carboxylic acids is 1. The van der Waals surface area contributed by atoms with Crippen molar-refractivity contribution in [1.29, 1.82) is 0 Å². The van der Waals surface area contributed by atoms with Gasteiger partial charge in [0, 0.05) is 32.1 Å². The fourth-order valence-corrected chi connectivity index (χ4v) is 5.50. The van der Waals surface area contributed by atoms with E-state index in [1.54, 1.807) is 25.2 Å². The van der Waals surface area contributed by atoms with Crippen LogP contribution in [0.15, 0.2) is 57.9 Å². The minimum Gasteiger partial charge on any atom is -0.496 e. The lowest BCUT2D eigenvalue weighted by molar-refractivity contribution is -0.130. The van der Waals surface area contributed by atoms with E-state index in [0.717, 1.165) is 18.4 Å². The van der Waals surface area contributed by atoms with Crippen LogP contribution in [-0.4, -0.2) is 60.9 Å². The van der Waals surface area contributed by atoms with Gasteiger partial charge in [-0.1, -0.05) is 35.5 Å². The molecular formula is C24H28N4O5S. The summed E-state index contributed by atoms with van der Waals surface area (Å²) in [7, 11) is -0.352. The molecule has 0 bridgehead atoms. The summed E-state index contributed by atoms with van der Waals surface area (Å²) in [5.74, 6) is 1.23. The van der Waals surface area contributed by atoms with Crippen LogP contribution >= 0.6 is 0 Å². The van der Waals surface area contributed by atoms with E-state index in [-0.39, 0.29) is 23.8 Å². The second-order valence-corrected chi connectivity index (χ2v) is 10.2. The molecule has 1 amide bonds. The Hall–Kier alpha value is -3.24. The predicted octanol–water partition coefficient (Wildman–Crippen LogP) is 3.12. The second-order valence-electron chi connectivity index (χ2n) is 8.21. The number of sulfonamides is 1. The molecule has 3 aromatic rings. The molecule has 1 aliphatic rings. The van der Waals surface area contributed by atoms with Crippen molar-refractivity contribution in [2.75, 3.05) is 27.2 Å². The molecule has 0 spiro atoms. The van der Waals surface area contributed by atoms with Crippen molar-refractivity contribution in [3.05, 3.63) is 60.0 Å². The molecule has 34 heavy (non-hydrogen) atoms. The van der Waals surface area contributed by atoms with Crippen LogP contribution in [0.25, 0.3) is 11.4 Å². The van der Waals surface area contributed by atoms with Gasteiger partial charge in [0.2, 0.25) is 27.6 Å². The van der Waals surface area contributed by atoms with Crippen LogP contribution in [0.4, 0.5) is 0 Å². The number of aromatic nitrogens is 2. The molecule has 1 fully saturated rings. The summed E-state index contributed by atoms with van der Waals surface area (Å²) >= 11 is 0. The molecule has 0 N–H and O–H groups in total. The molecule has 0 radical (unpaired) electrons. The molecular weight excluding hydrogens is 456 g/mol. The number of nitrogens with zero attached hydrogens (tertiary/aromatic N) is 4. The molecule has 1 saturated heterocycles. The Morgan fingerprint density at radius 2 is 1.88 bits per heavy atom. The Morgan fingerprint density at radius 1 is 1.15 bits per heavy atom. The first-order valence-corrected chi connectivity index (χ1v) is 12.6. The second kappa shape index (κ2) is 10.4. The highest BCUT2D eigenvalue weighted by Crippen LogP contribution is 2.27. The van der Waals surface area contributed by atoms with Crippen LogP contribution in [0.5, 0.6) is 5.75 Å². The fourth-order valence-electron chi connectivity index (χ4n) is 3.94. The summed E-state index contributed by atoms with van der Waals surface area (Å²) in [6, 6.07) is 14.3. The Bertz CT molecular complexity index is 1240. The van der Waals surface area contributed by atoms with Gasteiger partial charge in [-0.25, -0.2) is 8.42 Å². The van der Waals surface area contributed by atoms with E-state index in [1.807, 2.05) is 30.3 Å². The van der Waals surface area contributed by atoms with Gasteiger partial charge >= 0.3 is 0 Å². The molecule has 2 aromatic carbocycles. The van der Waals surface area contributed by atoms with Crippen molar-refractivity contribution in [2.24, 2.45) is 0 Å². The molecule has 4 rings (SSSR count).